The predicted molar refractivity (Wildman–Crippen MR) is 132 cm³/mol. The van der Waals surface area contributed by atoms with E-state index >= 15 is 0 Å². The summed E-state index contributed by atoms with van der Waals surface area (Å²) in [6.45, 7) is 4.33. The molecule has 1 atom stereocenters. The minimum Gasteiger partial charge on any atom is -0.312 e. The maximum absolute atomic E-state index is 13.4. The van der Waals surface area contributed by atoms with Gasteiger partial charge in [0.2, 0.25) is 5.91 Å². The highest BCUT2D eigenvalue weighted by atomic mass is 35.5. The van der Waals surface area contributed by atoms with Crippen LogP contribution in [0.15, 0.2) is 88.8 Å². The van der Waals surface area contributed by atoms with E-state index in [4.69, 9.17) is 16.6 Å². The largest absolute Gasteiger partial charge is 0.312 e. The highest BCUT2D eigenvalue weighted by Crippen LogP contribution is 2.28. The van der Waals surface area contributed by atoms with E-state index in [0.717, 1.165) is 5.69 Å². The molecule has 0 aliphatic heterocycles. The Kier molecular flexibility index (Phi) is 6.63. The highest BCUT2D eigenvalue weighted by Gasteiger charge is 2.24. The van der Waals surface area contributed by atoms with Gasteiger partial charge in [0.25, 0.3) is 5.56 Å². The lowest BCUT2D eigenvalue weighted by molar-refractivity contribution is -0.117. The lowest BCUT2D eigenvalue weighted by atomic mass is 10.2. The fourth-order valence-electron chi connectivity index (χ4n) is 3.51. The first kappa shape index (κ1) is 22.1. The molecule has 7 heteroatoms. The van der Waals surface area contributed by atoms with E-state index in [9.17, 15) is 9.59 Å². The van der Waals surface area contributed by atoms with Crippen LogP contribution in [0.4, 0.5) is 5.69 Å². The van der Waals surface area contributed by atoms with E-state index in [2.05, 4.69) is 0 Å². The Labute approximate surface area is 195 Å². The van der Waals surface area contributed by atoms with Gasteiger partial charge in [-0.15, -0.1) is 0 Å². The Morgan fingerprint density at radius 3 is 2.38 bits per heavy atom. The number of para-hydroxylation sites is 2. The topological polar surface area (TPSA) is 55.2 Å². The first-order chi connectivity index (χ1) is 15.5. The van der Waals surface area contributed by atoms with E-state index in [-0.39, 0.29) is 11.5 Å². The van der Waals surface area contributed by atoms with Gasteiger partial charge in [-0.3, -0.25) is 14.2 Å². The van der Waals surface area contributed by atoms with Crippen molar-refractivity contribution in [1.29, 1.82) is 0 Å². The summed E-state index contributed by atoms with van der Waals surface area (Å²) >= 11 is 7.32. The van der Waals surface area contributed by atoms with Crippen molar-refractivity contribution in [1.82, 2.24) is 9.55 Å². The first-order valence-corrected chi connectivity index (χ1v) is 11.6. The van der Waals surface area contributed by atoms with Gasteiger partial charge in [0.1, 0.15) is 0 Å². The molecular formula is C25H22ClN3O2S. The average Bonchev–Trinajstić information content (AvgIpc) is 2.81. The zero-order valence-electron chi connectivity index (χ0n) is 17.7. The summed E-state index contributed by atoms with van der Waals surface area (Å²) in [5.74, 6) is -0.0474. The summed E-state index contributed by atoms with van der Waals surface area (Å²) in [6, 6.07) is 23.8. The number of anilines is 1. The SMILES string of the molecule is CCN(C(=O)[C@@H](C)Sc1nc2ccccc2c(=O)n1-c1ccc(Cl)cc1)c1ccccc1. The average molecular weight is 464 g/mol. The van der Waals surface area contributed by atoms with Crippen molar-refractivity contribution in [2.45, 2.75) is 24.3 Å². The van der Waals surface area contributed by atoms with Gasteiger partial charge in [0.15, 0.2) is 5.16 Å². The molecule has 1 amide bonds. The van der Waals surface area contributed by atoms with Crippen molar-refractivity contribution in [2.24, 2.45) is 0 Å². The Morgan fingerprint density at radius 2 is 1.69 bits per heavy atom. The number of nitrogens with zero attached hydrogens (tertiary/aromatic N) is 3. The number of amides is 1. The van der Waals surface area contributed by atoms with Crippen molar-refractivity contribution in [2.75, 3.05) is 11.4 Å². The molecule has 5 nitrogen and oxygen atoms in total. The van der Waals surface area contributed by atoms with E-state index in [1.807, 2.05) is 62.4 Å². The summed E-state index contributed by atoms with van der Waals surface area (Å²) in [5, 5.41) is 1.10. The maximum Gasteiger partial charge on any atom is 0.266 e. The Morgan fingerprint density at radius 1 is 1.03 bits per heavy atom. The highest BCUT2D eigenvalue weighted by molar-refractivity contribution is 8.00. The van der Waals surface area contributed by atoms with E-state index in [1.54, 1.807) is 39.8 Å². The molecular weight excluding hydrogens is 442 g/mol. The molecule has 0 fully saturated rings. The predicted octanol–water partition coefficient (Wildman–Crippen LogP) is 5.57. The summed E-state index contributed by atoms with van der Waals surface area (Å²) < 4.78 is 1.55. The van der Waals surface area contributed by atoms with Gasteiger partial charge < -0.3 is 4.90 Å². The standard InChI is InChI=1S/C25H22ClN3O2S/c1-3-28(19-9-5-4-6-10-19)23(30)17(2)32-25-27-22-12-8-7-11-21(22)24(31)29(25)20-15-13-18(26)14-16-20/h4-17H,3H2,1-2H3/t17-/m1/s1. The number of hydrogen-bond acceptors (Lipinski definition) is 4. The van der Waals surface area contributed by atoms with Crippen molar-refractivity contribution in [3.05, 3.63) is 94.2 Å². The van der Waals surface area contributed by atoms with Crippen LogP contribution in [0.2, 0.25) is 5.02 Å². The smallest absolute Gasteiger partial charge is 0.266 e. The number of thioether (sulfide) groups is 1. The first-order valence-electron chi connectivity index (χ1n) is 10.3. The maximum atomic E-state index is 13.4. The van der Waals surface area contributed by atoms with E-state index < -0.39 is 5.25 Å². The second-order valence-electron chi connectivity index (χ2n) is 7.21. The van der Waals surface area contributed by atoms with Crippen LogP contribution < -0.4 is 10.5 Å². The van der Waals surface area contributed by atoms with E-state index in [1.165, 1.54) is 11.8 Å². The van der Waals surface area contributed by atoms with Crippen LogP contribution in [0, 0.1) is 0 Å². The number of hydrogen-bond donors (Lipinski definition) is 0. The van der Waals surface area contributed by atoms with Crippen molar-refractivity contribution < 1.29 is 4.79 Å². The fourth-order valence-corrected chi connectivity index (χ4v) is 4.63. The number of fused-ring (bicyclic) bond motifs is 1. The molecule has 0 unspecified atom stereocenters. The minimum absolute atomic E-state index is 0.0474. The zero-order valence-corrected chi connectivity index (χ0v) is 19.3. The van der Waals surface area contributed by atoms with Crippen molar-refractivity contribution >= 4 is 45.9 Å². The second-order valence-corrected chi connectivity index (χ2v) is 8.95. The van der Waals surface area contributed by atoms with E-state index in [0.29, 0.717) is 33.3 Å². The van der Waals surface area contributed by atoms with Crippen LogP contribution in [-0.2, 0) is 4.79 Å². The third-order valence-electron chi connectivity index (χ3n) is 5.11. The third-order valence-corrected chi connectivity index (χ3v) is 6.40. The summed E-state index contributed by atoms with van der Waals surface area (Å²) in [5.41, 5.74) is 1.90. The molecule has 0 spiro atoms. The van der Waals surface area contributed by atoms with Crippen molar-refractivity contribution in [3.8, 4) is 5.69 Å². The molecule has 0 N–H and O–H groups in total. The molecule has 162 valence electrons. The number of carbonyl (C=O) groups excluding carboxylic acids is 1. The monoisotopic (exact) mass is 463 g/mol. The van der Waals surface area contributed by atoms with Crippen LogP contribution in [0.25, 0.3) is 16.6 Å². The van der Waals surface area contributed by atoms with Gasteiger partial charge >= 0.3 is 0 Å². The molecule has 32 heavy (non-hydrogen) atoms. The van der Waals surface area contributed by atoms with Gasteiger partial charge in [0, 0.05) is 17.3 Å². The molecule has 4 aromatic rings. The molecule has 0 saturated heterocycles. The molecule has 3 aromatic carbocycles. The zero-order chi connectivity index (χ0) is 22.7. The summed E-state index contributed by atoms with van der Waals surface area (Å²) in [7, 11) is 0. The molecule has 4 rings (SSSR count). The second kappa shape index (κ2) is 9.59. The van der Waals surface area contributed by atoms with Crippen LogP contribution >= 0.6 is 23.4 Å². The van der Waals surface area contributed by atoms with Crippen LogP contribution in [0.1, 0.15) is 13.8 Å². The third kappa shape index (κ3) is 4.42. The lowest BCUT2D eigenvalue weighted by Crippen LogP contribution is -2.37. The fraction of sp³-hybridized carbons (Fsp3) is 0.160. The number of halogens is 1. The lowest BCUT2D eigenvalue weighted by Gasteiger charge is -2.24. The van der Waals surface area contributed by atoms with Crippen LogP contribution in [-0.4, -0.2) is 27.3 Å². The van der Waals surface area contributed by atoms with Crippen LogP contribution in [0.3, 0.4) is 0 Å². The Bertz CT molecular complexity index is 1310. The normalized spacial score (nSPS) is 12.0. The van der Waals surface area contributed by atoms with Gasteiger partial charge in [0.05, 0.1) is 21.8 Å². The van der Waals surface area contributed by atoms with Crippen molar-refractivity contribution in [3.63, 3.8) is 0 Å². The Hall–Kier alpha value is -3.09. The molecule has 0 saturated carbocycles. The summed E-state index contributed by atoms with van der Waals surface area (Å²) in [6.07, 6.45) is 0. The Balaban J connectivity index is 1.76. The summed E-state index contributed by atoms with van der Waals surface area (Å²) in [4.78, 5) is 33.1. The molecule has 1 heterocycles. The minimum atomic E-state index is -0.457. The number of rotatable bonds is 6. The molecule has 0 radical (unpaired) electrons. The molecule has 0 aliphatic rings. The van der Waals surface area contributed by atoms with Gasteiger partial charge in [-0.25, -0.2) is 4.98 Å². The van der Waals surface area contributed by atoms with Gasteiger partial charge in [-0.1, -0.05) is 53.7 Å². The quantitative estimate of drug-likeness (QED) is 0.277. The number of benzene rings is 3. The number of aromatic nitrogens is 2. The van der Waals surface area contributed by atoms with Gasteiger partial charge in [-0.2, -0.15) is 0 Å². The molecule has 1 aromatic heterocycles. The van der Waals surface area contributed by atoms with Crippen LogP contribution in [0.5, 0.6) is 0 Å². The van der Waals surface area contributed by atoms with Gasteiger partial charge in [-0.05, 0) is 62.4 Å². The molecule has 0 aliphatic carbocycles. The number of carbonyl (C=O) groups is 1. The molecule has 0 bridgehead atoms.